The number of nitro benzene ring substituents is 1. The summed E-state index contributed by atoms with van der Waals surface area (Å²) >= 11 is 2.94. The number of carbonyl (C=O) groups excluding carboxylic acids is 2. The van der Waals surface area contributed by atoms with E-state index in [-0.39, 0.29) is 17.3 Å². The topological polar surface area (TPSA) is 115 Å². The number of nitrogens with one attached hydrogen (secondary N) is 1. The van der Waals surface area contributed by atoms with Crippen LogP contribution < -0.4 is 5.32 Å². The Balaban J connectivity index is 1.56. The number of amides is 2. The van der Waals surface area contributed by atoms with Crippen LogP contribution in [-0.4, -0.2) is 40.0 Å². The van der Waals surface area contributed by atoms with Crippen molar-refractivity contribution < 1.29 is 19.2 Å². The Morgan fingerprint density at radius 3 is 2.75 bits per heavy atom. The molecule has 2 amide bonds. The molecule has 2 aromatic heterocycles. The normalized spacial score (nSPS) is 12.9. The van der Waals surface area contributed by atoms with Crippen LogP contribution in [0.5, 0.6) is 0 Å². The van der Waals surface area contributed by atoms with Gasteiger partial charge in [0.15, 0.2) is 0 Å². The fourth-order valence-corrected chi connectivity index (χ4v) is 6.67. The van der Waals surface area contributed by atoms with Gasteiger partial charge in [0.25, 0.3) is 11.6 Å². The number of rotatable bonds is 5. The monoisotopic (exact) mass is 522 g/mol. The van der Waals surface area contributed by atoms with Gasteiger partial charge in [0.1, 0.15) is 10.0 Å². The number of ether oxygens (including phenoxy) is 1. The van der Waals surface area contributed by atoms with E-state index in [0.29, 0.717) is 36.7 Å². The summed E-state index contributed by atoms with van der Waals surface area (Å²) in [6.45, 7) is 4.51. The van der Waals surface area contributed by atoms with E-state index in [2.05, 4.69) is 5.32 Å². The molecule has 1 aliphatic heterocycles. The van der Waals surface area contributed by atoms with Crippen molar-refractivity contribution in [1.82, 2.24) is 9.88 Å². The number of nitrogens with zero attached hydrogens (tertiary/aromatic N) is 3. The van der Waals surface area contributed by atoms with E-state index in [4.69, 9.17) is 9.72 Å². The maximum absolute atomic E-state index is 13.3. The molecule has 5 rings (SSSR count). The number of para-hydroxylation sites is 1. The molecule has 0 atom stereocenters. The molecule has 4 aromatic rings. The Bertz CT molecular complexity index is 1480. The summed E-state index contributed by atoms with van der Waals surface area (Å²) in [7, 11) is 0. The van der Waals surface area contributed by atoms with Gasteiger partial charge in [-0.15, -0.1) is 22.7 Å². The summed E-state index contributed by atoms with van der Waals surface area (Å²) < 4.78 is 6.21. The van der Waals surface area contributed by atoms with Crippen LogP contribution in [0.3, 0.4) is 0 Å². The first kappa shape index (κ1) is 23.9. The fraction of sp³-hybridized carbons (Fsp3) is 0.240. The quantitative estimate of drug-likeness (QED) is 0.254. The second kappa shape index (κ2) is 9.67. The number of hydrogen-bond acceptors (Lipinski definition) is 8. The van der Waals surface area contributed by atoms with Crippen LogP contribution in [0.25, 0.3) is 20.8 Å². The molecule has 0 saturated carbocycles. The first-order valence-electron chi connectivity index (χ1n) is 11.3. The molecule has 184 valence electrons. The van der Waals surface area contributed by atoms with Crippen LogP contribution in [0.4, 0.5) is 15.5 Å². The molecule has 0 radical (unpaired) electrons. The van der Waals surface area contributed by atoms with Crippen LogP contribution in [0.2, 0.25) is 0 Å². The molecule has 2 aromatic carbocycles. The average molecular weight is 523 g/mol. The molecule has 36 heavy (non-hydrogen) atoms. The molecule has 0 spiro atoms. The van der Waals surface area contributed by atoms with Crippen molar-refractivity contribution in [3.63, 3.8) is 0 Å². The molecular formula is C25H22N4O5S2. The second-order valence-electron chi connectivity index (χ2n) is 8.23. The molecule has 3 heterocycles. The third kappa shape index (κ3) is 4.31. The number of anilines is 1. The summed E-state index contributed by atoms with van der Waals surface area (Å²) in [5.74, 6) is -0.431. The number of hydrogen-bond donors (Lipinski definition) is 1. The highest BCUT2D eigenvalue weighted by molar-refractivity contribution is 7.23. The van der Waals surface area contributed by atoms with Gasteiger partial charge in [0.2, 0.25) is 0 Å². The van der Waals surface area contributed by atoms with Gasteiger partial charge in [-0.25, -0.2) is 9.78 Å². The van der Waals surface area contributed by atoms with Gasteiger partial charge >= 0.3 is 6.09 Å². The van der Waals surface area contributed by atoms with Crippen molar-refractivity contribution in [3.05, 3.63) is 74.1 Å². The average Bonchev–Trinajstić information content (AvgIpc) is 3.44. The second-order valence-corrected chi connectivity index (χ2v) is 10.4. The highest BCUT2D eigenvalue weighted by Crippen LogP contribution is 2.46. The van der Waals surface area contributed by atoms with Crippen molar-refractivity contribution in [2.45, 2.75) is 26.8 Å². The standard InChI is InChI=1S/C25H22N4O5S2/c1-3-34-25(31)28-12-11-16-20(13-28)36-24(21(16)23-26-17-8-4-5-10-19(17)35-23)27-22(30)15-7-6-9-18(14(15)2)29(32)33/h4-10H,3,11-13H2,1-2H3,(H,27,30). The molecule has 0 unspecified atom stereocenters. The lowest BCUT2D eigenvalue weighted by molar-refractivity contribution is -0.385. The highest BCUT2D eigenvalue weighted by atomic mass is 32.1. The lowest BCUT2D eigenvalue weighted by atomic mass is 10.0. The summed E-state index contributed by atoms with van der Waals surface area (Å²) in [5, 5.41) is 15.8. The summed E-state index contributed by atoms with van der Waals surface area (Å²) in [6.07, 6.45) is 0.234. The van der Waals surface area contributed by atoms with Crippen LogP contribution >= 0.6 is 22.7 Å². The van der Waals surface area contributed by atoms with Gasteiger partial charge < -0.3 is 15.0 Å². The Morgan fingerprint density at radius 2 is 2.00 bits per heavy atom. The Morgan fingerprint density at radius 1 is 1.19 bits per heavy atom. The van der Waals surface area contributed by atoms with Crippen molar-refractivity contribution in [3.8, 4) is 10.6 Å². The minimum absolute atomic E-state index is 0.107. The van der Waals surface area contributed by atoms with E-state index in [9.17, 15) is 19.7 Å². The molecule has 11 heteroatoms. The molecule has 0 aliphatic carbocycles. The van der Waals surface area contributed by atoms with Gasteiger partial charge in [-0.1, -0.05) is 18.2 Å². The number of thiazole rings is 1. The number of benzene rings is 2. The maximum atomic E-state index is 13.3. The van der Waals surface area contributed by atoms with Crippen LogP contribution in [0.1, 0.15) is 33.3 Å². The van der Waals surface area contributed by atoms with Gasteiger partial charge in [-0.2, -0.15) is 0 Å². The zero-order chi connectivity index (χ0) is 25.4. The van der Waals surface area contributed by atoms with E-state index in [0.717, 1.165) is 31.2 Å². The number of thiophene rings is 1. The minimum Gasteiger partial charge on any atom is -0.450 e. The smallest absolute Gasteiger partial charge is 0.410 e. The molecule has 0 fully saturated rings. The Kier molecular flexibility index (Phi) is 6.42. The molecular weight excluding hydrogens is 500 g/mol. The first-order valence-corrected chi connectivity index (χ1v) is 13.0. The molecule has 1 aliphatic rings. The largest absolute Gasteiger partial charge is 0.450 e. The van der Waals surface area contributed by atoms with Gasteiger partial charge in [-0.05, 0) is 44.0 Å². The number of fused-ring (bicyclic) bond motifs is 2. The van der Waals surface area contributed by atoms with Crippen LogP contribution in [-0.2, 0) is 17.7 Å². The number of carbonyl (C=O) groups is 2. The predicted molar refractivity (Wildman–Crippen MR) is 140 cm³/mol. The van der Waals surface area contributed by atoms with Crippen LogP contribution in [0, 0.1) is 17.0 Å². The third-order valence-electron chi connectivity index (χ3n) is 6.06. The number of aromatic nitrogens is 1. The van der Waals surface area contributed by atoms with E-state index in [1.54, 1.807) is 24.8 Å². The molecule has 1 N–H and O–H groups in total. The molecule has 0 bridgehead atoms. The van der Waals surface area contributed by atoms with Crippen molar-refractivity contribution in [1.29, 1.82) is 0 Å². The molecule has 9 nitrogen and oxygen atoms in total. The third-order valence-corrected chi connectivity index (χ3v) is 8.25. The summed E-state index contributed by atoms with van der Waals surface area (Å²) in [4.78, 5) is 44.0. The molecule has 0 saturated heterocycles. The maximum Gasteiger partial charge on any atom is 0.410 e. The lowest BCUT2D eigenvalue weighted by Crippen LogP contribution is -2.35. The fourth-order valence-electron chi connectivity index (χ4n) is 4.31. The summed E-state index contributed by atoms with van der Waals surface area (Å²) in [6, 6.07) is 12.3. The first-order chi connectivity index (χ1) is 17.4. The van der Waals surface area contributed by atoms with E-state index < -0.39 is 10.8 Å². The van der Waals surface area contributed by atoms with Crippen LogP contribution in [0.15, 0.2) is 42.5 Å². The minimum atomic E-state index is -0.494. The van der Waals surface area contributed by atoms with Gasteiger partial charge in [-0.3, -0.25) is 14.9 Å². The van der Waals surface area contributed by atoms with E-state index in [1.807, 2.05) is 24.3 Å². The predicted octanol–water partition coefficient (Wildman–Crippen LogP) is 6.01. The number of nitro groups is 1. The Hall–Kier alpha value is -3.83. The van der Waals surface area contributed by atoms with Crippen molar-refractivity contribution >= 4 is 55.6 Å². The summed E-state index contributed by atoms with van der Waals surface area (Å²) in [5.41, 5.74) is 3.19. The van der Waals surface area contributed by atoms with Gasteiger partial charge in [0, 0.05) is 34.2 Å². The van der Waals surface area contributed by atoms with E-state index >= 15 is 0 Å². The highest BCUT2D eigenvalue weighted by Gasteiger charge is 2.30. The van der Waals surface area contributed by atoms with Crippen molar-refractivity contribution in [2.24, 2.45) is 0 Å². The zero-order valence-electron chi connectivity index (χ0n) is 19.6. The SMILES string of the molecule is CCOC(=O)N1CCc2c(sc(NC(=O)c3cccc([N+](=O)[O-])c3C)c2-c2nc3ccccc3s2)C1. The van der Waals surface area contributed by atoms with E-state index in [1.165, 1.54) is 34.8 Å². The van der Waals surface area contributed by atoms with Crippen molar-refractivity contribution in [2.75, 3.05) is 18.5 Å². The van der Waals surface area contributed by atoms with Gasteiger partial charge in [0.05, 0.1) is 28.3 Å². The Labute approximate surface area is 214 Å². The zero-order valence-corrected chi connectivity index (χ0v) is 21.2. The lowest BCUT2D eigenvalue weighted by Gasteiger charge is -2.26.